The number of hydrogen-bond acceptors (Lipinski definition) is 2. The highest BCUT2D eigenvalue weighted by atomic mass is 16.5. The largest absolute Gasteiger partial charge is 0.480 e. The van der Waals surface area contributed by atoms with Crippen LogP contribution in [-0.4, -0.2) is 12.3 Å². The lowest BCUT2D eigenvalue weighted by atomic mass is 10.1. The van der Waals surface area contributed by atoms with Crippen LogP contribution < -0.4 is 4.74 Å². The van der Waals surface area contributed by atoms with Crippen LogP contribution in [0.1, 0.15) is 13.8 Å². The third-order valence-corrected chi connectivity index (χ3v) is 2.49. The maximum atomic E-state index is 5.54. The summed E-state index contributed by atoms with van der Waals surface area (Å²) in [6, 6.07) is 12.0. The fourth-order valence-electron chi connectivity index (χ4n) is 1.80. The Hall–Kier alpha value is -2.27. The first-order chi connectivity index (χ1) is 8.70. The van der Waals surface area contributed by atoms with Gasteiger partial charge < -0.3 is 4.74 Å². The molecule has 0 spiro atoms. The lowest BCUT2D eigenvalue weighted by Gasteiger charge is -2.07. The predicted octanol–water partition coefficient (Wildman–Crippen LogP) is 3.96. The lowest BCUT2D eigenvalue weighted by Crippen LogP contribution is -1.93. The fraction of sp³-hybridized carbons (Fsp3) is 0.188. The van der Waals surface area contributed by atoms with E-state index in [0.29, 0.717) is 0 Å². The minimum atomic E-state index is 0.277. The molecule has 90 valence electrons. The summed E-state index contributed by atoms with van der Waals surface area (Å²) in [6.07, 6.45) is 5.22. The number of fused-ring (bicyclic) bond motifs is 1. The lowest BCUT2D eigenvalue weighted by molar-refractivity contribution is 0.375. The van der Waals surface area contributed by atoms with E-state index in [1.165, 1.54) is 0 Å². The monoisotopic (exact) mass is 237 g/mol. The van der Waals surface area contributed by atoms with E-state index in [9.17, 15) is 0 Å². The molecular weight excluding hydrogens is 222 g/mol. The van der Waals surface area contributed by atoms with Crippen molar-refractivity contribution in [3.05, 3.63) is 36.4 Å². The van der Waals surface area contributed by atoms with E-state index in [1.54, 1.807) is 0 Å². The maximum absolute atomic E-state index is 5.54. The van der Waals surface area contributed by atoms with Crippen molar-refractivity contribution in [2.45, 2.75) is 13.8 Å². The smallest absolute Gasteiger partial charge is 0.148 e. The highest BCUT2D eigenvalue weighted by molar-refractivity contribution is 5.92. The first-order valence-corrected chi connectivity index (χ1v) is 5.81. The number of hydrogen-bond donors (Lipinski definition) is 0. The quantitative estimate of drug-likeness (QED) is 0.584. The third kappa shape index (κ3) is 2.70. The average molecular weight is 237 g/mol. The van der Waals surface area contributed by atoms with Crippen LogP contribution in [0.15, 0.2) is 41.4 Å². The summed E-state index contributed by atoms with van der Waals surface area (Å²) in [5, 5.41) is 2.16. The molecule has 0 heterocycles. The molecule has 0 aliphatic rings. The van der Waals surface area contributed by atoms with E-state index in [-0.39, 0.29) is 6.61 Å². The molecule has 0 bridgehead atoms. The number of rotatable bonds is 3. The van der Waals surface area contributed by atoms with Crippen LogP contribution in [0.2, 0.25) is 0 Å². The Morgan fingerprint density at radius 3 is 2.83 bits per heavy atom. The van der Waals surface area contributed by atoms with E-state index in [2.05, 4.69) is 10.9 Å². The Labute approximate surface area is 107 Å². The Morgan fingerprint density at radius 2 is 2.11 bits per heavy atom. The summed E-state index contributed by atoms with van der Waals surface area (Å²) in [5.41, 5.74) is 1.95. The molecule has 2 nitrogen and oxygen atoms in total. The van der Waals surface area contributed by atoms with Crippen molar-refractivity contribution in [2.24, 2.45) is 4.99 Å². The minimum absolute atomic E-state index is 0.277. The molecule has 0 aliphatic heterocycles. The second-order valence-electron chi connectivity index (χ2n) is 4.21. The molecule has 2 aromatic rings. The highest BCUT2D eigenvalue weighted by Crippen LogP contribution is 2.29. The van der Waals surface area contributed by atoms with Gasteiger partial charge in [0.2, 0.25) is 0 Å². The van der Waals surface area contributed by atoms with Crippen molar-refractivity contribution in [3.63, 3.8) is 0 Å². The Morgan fingerprint density at radius 1 is 1.28 bits per heavy atom. The number of terminal acetylenes is 1. The van der Waals surface area contributed by atoms with Gasteiger partial charge in [-0.1, -0.05) is 24.1 Å². The molecule has 0 N–H and O–H groups in total. The van der Waals surface area contributed by atoms with Crippen molar-refractivity contribution in [2.75, 3.05) is 6.61 Å². The number of aliphatic imine (C=N–C) groups is 1. The molecule has 0 saturated carbocycles. The molecule has 0 radical (unpaired) electrons. The first-order valence-electron chi connectivity index (χ1n) is 5.81. The van der Waals surface area contributed by atoms with Crippen LogP contribution in [0.3, 0.4) is 0 Å². The van der Waals surface area contributed by atoms with E-state index < -0.39 is 0 Å². The average Bonchev–Trinajstić information content (AvgIpc) is 2.35. The molecule has 0 atom stereocenters. The molecule has 2 rings (SSSR count). The summed E-state index contributed by atoms with van der Waals surface area (Å²) < 4.78 is 5.54. The summed E-state index contributed by atoms with van der Waals surface area (Å²) in [5.74, 6) is 3.28. The van der Waals surface area contributed by atoms with Gasteiger partial charge in [0.15, 0.2) is 0 Å². The molecular formula is C16H15NO. The van der Waals surface area contributed by atoms with Gasteiger partial charge in [-0.25, -0.2) is 0 Å². The second-order valence-corrected chi connectivity index (χ2v) is 4.21. The van der Waals surface area contributed by atoms with Crippen molar-refractivity contribution in [1.82, 2.24) is 0 Å². The molecule has 0 fully saturated rings. The Bertz CT molecular complexity index is 631. The summed E-state index contributed by atoms with van der Waals surface area (Å²) in [7, 11) is 0. The van der Waals surface area contributed by atoms with Gasteiger partial charge in [0.05, 0.1) is 5.69 Å². The molecule has 18 heavy (non-hydrogen) atoms. The van der Waals surface area contributed by atoms with Crippen LogP contribution >= 0.6 is 0 Å². The van der Waals surface area contributed by atoms with Crippen molar-refractivity contribution in [1.29, 1.82) is 0 Å². The van der Waals surface area contributed by atoms with Crippen molar-refractivity contribution in [3.8, 4) is 18.1 Å². The predicted molar refractivity (Wildman–Crippen MR) is 76.7 cm³/mol. The van der Waals surface area contributed by atoms with Gasteiger partial charge in [0.1, 0.15) is 12.4 Å². The molecule has 0 amide bonds. The SMILES string of the molecule is C#CCOc1cccc2ccc(N=C(C)C)cc12. The van der Waals surface area contributed by atoms with E-state index >= 15 is 0 Å². The molecule has 2 aromatic carbocycles. The zero-order valence-electron chi connectivity index (χ0n) is 10.6. The van der Waals surface area contributed by atoms with Gasteiger partial charge in [0.25, 0.3) is 0 Å². The van der Waals surface area contributed by atoms with Crippen LogP contribution in [0.25, 0.3) is 10.8 Å². The minimum Gasteiger partial charge on any atom is -0.480 e. The molecule has 0 aromatic heterocycles. The Kier molecular flexibility index (Phi) is 3.64. The molecule has 0 saturated heterocycles. The van der Waals surface area contributed by atoms with Crippen molar-refractivity contribution >= 4 is 22.2 Å². The second kappa shape index (κ2) is 5.37. The summed E-state index contributed by atoms with van der Waals surface area (Å²) >= 11 is 0. The van der Waals surface area contributed by atoms with E-state index in [0.717, 1.165) is 27.9 Å². The van der Waals surface area contributed by atoms with Gasteiger partial charge in [0, 0.05) is 11.1 Å². The third-order valence-electron chi connectivity index (χ3n) is 2.49. The molecule has 0 unspecified atom stereocenters. The van der Waals surface area contributed by atoms with Gasteiger partial charge in [-0.15, -0.1) is 6.42 Å². The maximum Gasteiger partial charge on any atom is 0.148 e. The zero-order valence-corrected chi connectivity index (χ0v) is 10.6. The zero-order chi connectivity index (χ0) is 13.0. The van der Waals surface area contributed by atoms with Gasteiger partial charge in [-0.3, -0.25) is 4.99 Å². The van der Waals surface area contributed by atoms with E-state index in [1.807, 2.05) is 50.2 Å². The molecule has 2 heteroatoms. The van der Waals surface area contributed by atoms with Gasteiger partial charge in [-0.05, 0) is 37.4 Å². The first kappa shape index (κ1) is 12.2. The summed E-state index contributed by atoms with van der Waals surface area (Å²) in [4.78, 5) is 4.45. The van der Waals surface area contributed by atoms with Crippen molar-refractivity contribution < 1.29 is 4.74 Å². The summed E-state index contributed by atoms with van der Waals surface area (Å²) in [6.45, 7) is 4.23. The normalized spacial score (nSPS) is 9.83. The Balaban J connectivity index is 2.52. The standard InChI is InChI=1S/C16H15NO/c1-4-10-18-16-7-5-6-13-8-9-14(11-15(13)16)17-12(2)3/h1,5-9,11H,10H2,2-3H3. The topological polar surface area (TPSA) is 21.6 Å². The van der Waals surface area contributed by atoms with Crippen LogP contribution in [0, 0.1) is 12.3 Å². The van der Waals surface area contributed by atoms with Crippen LogP contribution in [0.5, 0.6) is 5.75 Å². The fourth-order valence-corrected chi connectivity index (χ4v) is 1.80. The molecule has 0 aliphatic carbocycles. The van der Waals surface area contributed by atoms with Crippen LogP contribution in [0.4, 0.5) is 5.69 Å². The number of nitrogens with zero attached hydrogens (tertiary/aromatic N) is 1. The number of ether oxygens (including phenoxy) is 1. The highest BCUT2D eigenvalue weighted by Gasteiger charge is 2.02. The van der Waals surface area contributed by atoms with Gasteiger partial charge >= 0.3 is 0 Å². The van der Waals surface area contributed by atoms with E-state index in [4.69, 9.17) is 11.2 Å². The van der Waals surface area contributed by atoms with Crippen LogP contribution in [-0.2, 0) is 0 Å². The number of benzene rings is 2. The van der Waals surface area contributed by atoms with Gasteiger partial charge in [-0.2, -0.15) is 0 Å².